The number of piperidine rings is 1. The van der Waals surface area contributed by atoms with E-state index in [1.807, 2.05) is 0 Å². The van der Waals surface area contributed by atoms with Crippen molar-refractivity contribution in [2.45, 2.75) is 32.2 Å². The summed E-state index contributed by atoms with van der Waals surface area (Å²) in [4.78, 5) is 4.54. The van der Waals surface area contributed by atoms with Crippen LogP contribution in [0.5, 0.6) is 0 Å². The quantitative estimate of drug-likeness (QED) is 0.784. The van der Waals surface area contributed by atoms with Crippen LogP contribution in [0.2, 0.25) is 5.15 Å². The highest BCUT2D eigenvalue weighted by molar-refractivity contribution is 6.30. The van der Waals surface area contributed by atoms with Gasteiger partial charge in [0.2, 0.25) is 0 Å². The number of aromatic nitrogens is 1. The fourth-order valence-corrected chi connectivity index (χ4v) is 2.91. The van der Waals surface area contributed by atoms with Crippen molar-refractivity contribution in [3.63, 3.8) is 0 Å². The van der Waals surface area contributed by atoms with E-state index in [2.05, 4.69) is 41.5 Å². The third-order valence-corrected chi connectivity index (χ3v) is 3.94. The van der Waals surface area contributed by atoms with Crippen LogP contribution < -0.4 is 5.32 Å². The third-order valence-electron chi connectivity index (χ3n) is 3.64. The fourth-order valence-electron chi connectivity index (χ4n) is 2.63. The number of hydrogen-bond donors (Lipinski definition) is 1. The number of rotatable bonds is 1. The third kappa shape index (κ3) is 2.23. The summed E-state index contributed by atoms with van der Waals surface area (Å²) >= 11 is 6.34. The molecule has 1 atom stereocenters. The summed E-state index contributed by atoms with van der Waals surface area (Å²) in [6.45, 7) is 3.15. The molecule has 1 aliphatic rings. The molecule has 2 nitrogen and oxygen atoms in total. The average molecular weight is 261 g/mol. The van der Waals surface area contributed by atoms with Crippen LogP contribution >= 0.6 is 11.6 Å². The zero-order chi connectivity index (χ0) is 12.5. The monoisotopic (exact) mass is 260 g/mol. The van der Waals surface area contributed by atoms with E-state index < -0.39 is 0 Å². The number of halogens is 1. The Bertz CT molecular complexity index is 574. The van der Waals surface area contributed by atoms with E-state index in [1.54, 1.807) is 0 Å². The highest BCUT2D eigenvalue weighted by Gasteiger charge is 2.18. The van der Waals surface area contributed by atoms with E-state index in [1.165, 1.54) is 23.8 Å². The van der Waals surface area contributed by atoms with Gasteiger partial charge < -0.3 is 5.32 Å². The van der Waals surface area contributed by atoms with Gasteiger partial charge in [-0.2, -0.15) is 0 Å². The zero-order valence-electron chi connectivity index (χ0n) is 10.5. The van der Waals surface area contributed by atoms with Gasteiger partial charge in [0.15, 0.2) is 0 Å². The lowest BCUT2D eigenvalue weighted by Crippen LogP contribution is -2.27. The minimum absolute atomic E-state index is 0.365. The second kappa shape index (κ2) is 4.87. The lowest BCUT2D eigenvalue weighted by Gasteiger charge is -2.24. The van der Waals surface area contributed by atoms with Gasteiger partial charge in [0.25, 0.3) is 0 Å². The lowest BCUT2D eigenvalue weighted by molar-refractivity contribution is 0.412. The number of hydrogen-bond acceptors (Lipinski definition) is 2. The Kier molecular flexibility index (Phi) is 3.23. The first-order valence-corrected chi connectivity index (χ1v) is 6.92. The summed E-state index contributed by atoms with van der Waals surface area (Å²) in [5, 5.41) is 5.35. The first kappa shape index (κ1) is 11.9. The molecule has 0 aliphatic carbocycles. The number of aryl methyl sites for hydroxylation is 1. The lowest BCUT2D eigenvalue weighted by atomic mass is 9.97. The number of benzene rings is 1. The van der Waals surface area contributed by atoms with Crippen molar-refractivity contribution in [2.75, 3.05) is 6.54 Å². The van der Waals surface area contributed by atoms with E-state index in [-0.39, 0.29) is 0 Å². The van der Waals surface area contributed by atoms with Gasteiger partial charge in [-0.1, -0.05) is 30.2 Å². The fraction of sp³-hybridized carbons (Fsp3) is 0.400. The molecule has 2 aromatic rings. The van der Waals surface area contributed by atoms with E-state index in [4.69, 9.17) is 11.6 Å². The molecule has 1 saturated heterocycles. The molecular weight excluding hydrogens is 244 g/mol. The molecule has 0 radical (unpaired) electrons. The van der Waals surface area contributed by atoms with Gasteiger partial charge in [-0.25, -0.2) is 4.98 Å². The topological polar surface area (TPSA) is 24.9 Å². The van der Waals surface area contributed by atoms with Gasteiger partial charge in [-0.3, -0.25) is 0 Å². The highest BCUT2D eigenvalue weighted by Crippen LogP contribution is 2.30. The van der Waals surface area contributed by atoms with Gasteiger partial charge in [-0.15, -0.1) is 0 Å². The molecule has 94 valence electrons. The molecule has 1 N–H and O–H groups in total. The first-order chi connectivity index (χ1) is 8.74. The minimum Gasteiger partial charge on any atom is -0.310 e. The molecule has 3 heteroatoms. The van der Waals surface area contributed by atoms with Gasteiger partial charge in [-0.05, 0) is 44.0 Å². The van der Waals surface area contributed by atoms with Crippen LogP contribution in [-0.2, 0) is 0 Å². The molecule has 2 heterocycles. The molecule has 1 aliphatic heterocycles. The normalized spacial score (nSPS) is 20.2. The molecule has 1 aromatic carbocycles. The Morgan fingerprint density at radius 1 is 1.28 bits per heavy atom. The van der Waals surface area contributed by atoms with Crippen molar-refractivity contribution in [3.05, 3.63) is 40.5 Å². The van der Waals surface area contributed by atoms with Crippen molar-refractivity contribution in [1.29, 1.82) is 0 Å². The Labute approximate surface area is 112 Å². The number of nitrogens with one attached hydrogen (secondary N) is 1. The highest BCUT2D eigenvalue weighted by atomic mass is 35.5. The molecule has 0 saturated carbocycles. The summed E-state index contributed by atoms with van der Waals surface area (Å²) in [6.07, 6.45) is 3.67. The summed E-state index contributed by atoms with van der Waals surface area (Å²) < 4.78 is 0. The number of nitrogens with zero attached hydrogens (tertiary/aromatic N) is 1. The molecule has 3 rings (SSSR count). The Morgan fingerprint density at radius 3 is 2.94 bits per heavy atom. The van der Waals surface area contributed by atoms with Crippen LogP contribution in [0.15, 0.2) is 24.3 Å². The van der Waals surface area contributed by atoms with Crippen molar-refractivity contribution >= 4 is 22.5 Å². The molecule has 0 unspecified atom stereocenters. The second-order valence-corrected chi connectivity index (χ2v) is 5.43. The first-order valence-electron chi connectivity index (χ1n) is 6.54. The minimum atomic E-state index is 0.365. The van der Waals surface area contributed by atoms with E-state index in [9.17, 15) is 0 Å². The molecule has 1 fully saturated rings. The molecule has 1 aromatic heterocycles. The molecule has 0 bridgehead atoms. The molecule has 0 amide bonds. The van der Waals surface area contributed by atoms with Gasteiger partial charge in [0, 0.05) is 17.0 Å². The zero-order valence-corrected chi connectivity index (χ0v) is 11.3. The van der Waals surface area contributed by atoms with E-state index >= 15 is 0 Å². The van der Waals surface area contributed by atoms with Crippen LogP contribution in [-0.4, -0.2) is 11.5 Å². The predicted molar refractivity (Wildman–Crippen MR) is 76.1 cm³/mol. The van der Waals surface area contributed by atoms with Gasteiger partial charge >= 0.3 is 0 Å². The van der Waals surface area contributed by atoms with Crippen molar-refractivity contribution in [2.24, 2.45) is 0 Å². The maximum atomic E-state index is 6.34. The standard InChI is InChI=1S/C15H17ClN2/c1-10-5-6-11-9-12(13-4-2-3-7-17-13)15(16)18-14(11)8-10/h5-6,8-9,13,17H,2-4,7H2,1H3/t13-/m1/s1. The second-order valence-electron chi connectivity index (χ2n) is 5.07. The summed E-state index contributed by atoms with van der Waals surface area (Å²) in [5.41, 5.74) is 3.35. The SMILES string of the molecule is Cc1ccc2cc([C@H]3CCCCN3)c(Cl)nc2c1. The summed E-state index contributed by atoms with van der Waals surface area (Å²) in [5.74, 6) is 0. The molecule has 0 spiro atoms. The smallest absolute Gasteiger partial charge is 0.134 e. The summed E-state index contributed by atoms with van der Waals surface area (Å²) in [6, 6.07) is 8.88. The molecule has 18 heavy (non-hydrogen) atoms. The largest absolute Gasteiger partial charge is 0.310 e. The maximum absolute atomic E-state index is 6.34. The van der Waals surface area contributed by atoms with Crippen molar-refractivity contribution in [1.82, 2.24) is 10.3 Å². The van der Waals surface area contributed by atoms with Crippen LogP contribution in [0.1, 0.15) is 36.4 Å². The Balaban J connectivity index is 2.06. The van der Waals surface area contributed by atoms with Crippen LogP contribution in [0, 0.1) is 6.92 Å². The van der Waals surface area contributed by atoms with Crippen LogP contribution in [0.4, 0.5) is 0 Å². The van der Waals surface area contributed by atoms with Gasteiger partial charge in [0.1, 0.15) is 5.15 Å². The van der Waals surface area contributed by atoms with Gasteiger partial charge in [0.05, 0.1) is 5.52 Å². The van der Waals surface area contributed by atoms with Crippen molar-refractivity contribution in [3.8, 4) is 0 Å². The van der Waals surface area contributed by atoms with Crippen LogP contribution in [0.25, 0.3) is 10.9 Å². The van der Waals surface area contributed by atoms with Crippen molar-refractivity contribution < 1.29 is 0 Å². The Hall–Kier alpha value is -1.12. The molecular formula is C15H17ClN2. The summed E-state index contributed by atoms with van der Waals surface area (Å²) in [7, 11) is 0. The van der Waals surface area contributed by atoms with Crippen LogP contribution in [0.3, 0.4) is 0 Å². The van der Waals surface area contributed by atoms with E-state index in [0.717, 1.165) is 24.0 Å². The Morgan fingerprint density at radius 2 is 2.17 bits per heavy atom. The van der Waals surface area contributed by atoms with E-state index in [0.29, 0.717) is 11.2 Å². The maximum Gasteiger partial charge on any atom is 0.134 e. The number of fused-ring (bicyclic) bond motifs is 1. The average Bonchev–Trinajstić information content (AvgIpc) is 2.39. The number of pyridine rings is 1. The predicted octanol–water partition coefficient (Wildman–Crippen LogP) is 4.01.